The van der Waals surface area contributed by atoms with Gasteiger partial charge in [0.1, 0.15) is 6.04 Å². The molecule has 2 N–H and O–H groups in total. The van der Waals surface area contributed by atoms with Gasteiger partial charge in [0, 0.05) is 19.7 Å². The minimum atomic E-state index is -3.74. The third-order valence-corrected chi connectivity index (χ3v) is 4.41. The van der Waals surface area contributed by atoms with Crippen molar-refractivity contribution in [3.8, 4) is 0 Å². The van der Waals surface area contributed by atoms with Gasteiger partial charge in [0.15, 0.2) is 0 Å². The first-order valence-electron chi connectivity index (χ1n) is 6.06. The zero-order valence-corrected chi connectivity index (χ0v) is 11.3. The Morgan fingerprint density at radius 1 is 1.50 bits per heavy atom. The van der Waals surface area contributed by atoms with Crippen LogP contribution >= 0.6 is 0 Å². The van der Waals surface area contributed by atoms with E-state index in [1.165, 1.54) is 0 Å². The minimum Gasteiger partial charge on any atom is -0.480 e. The van der Waals surface area contributed by atoms with Crippen molar-refractivity contribution in [1.82, 2.24) is 9.03 Å². The molecular formula is C10H20N2O5S. The van der Waals surface area contributed by atoms with Crippen LogP contribution in [0.3, 0.4) is 0 Å². The summed E-state index contributed by atoms with van der Waals surface area (Å²) in [7, 11) is -3.74. The predicted octanol–water partition coefficient (Wildman–Crippen LogP) is -0.204. The van der Waals surface area contributed by atoms with Crippen LogP contribution in [0.15, 0.2) is 0 Å². The second-order valence-corrected chi connectivity index (χ2v) is 5.76. The van der Waals surface area contributed by atoms with Crippen molar-refractivity contribution in [2.75, 3.05) is 26.3 Å². The summed E-state index contributed by atoms with van der Waals surface area (Å²) in [6.45, 7) is 3.02. The lowest BCUT2D eigenvalue weighted by molar-refractivity contribution is -0.142. The fourth-order valence-electron chi connectivity index (χ4n) is 1.91. The summed E-state index contributed by atoms with van der Waals surface area (Å²) < 4.78 is 32.3. The van der Waals surface area contributed by atoms with Crippen molar-refractivity contribution in [3.63, 3.8) is 0 Å². The third kappa shape index (κ3) is 4.20. The van der Waals surface area contributed by atoms with Gasteiger partial charge in [0.05, 0.1) is 6.61 Å². The first-order valence-corrected chi connectivity index (χ1v) is 7.50. The molecule has 1 atom stereocenters. The predicted molar refractivity (Wildman–Crippen MR) is 65.4 cm³/mol. The molecule has 0 aromatic heterocycles. The van der Waals surface area contributed by atoms with Crippen molar-refractivity contribution < 1.29 is 23.1 Å². The lowest BCUT2D eigenvalue weighted by Gasteiger charge is -2.31. The van der Waals surface area contributed by atoms with Crippen molar-refractivity contribution >= 4 is 16.2 Å². The van der Waals surface area contributed by atoms with Crippen molar-refractivity contribution in [3.05, 3.63) is 0 Å². The molecule has 18 heavy (non-hydrogen) atoms. The number of hydrogen-bond donors (Lipinski definition) is 2. The van der Waals surface area contributed by atoms with Gasteiger partial charge >= 0.3 is 5.97 Å². The van der Waals surface area contributed by atoms with Crippen LogP contribution in [0, 0.1) is 0 Å². The van der Waals surface area contributed by atoms with E-state index in [1.54, 1.807) is 0 Å². The van der Waals surface area contributed by atoms with Gasteiger partial charge in [-0.3, -0.25) is 4.79 Å². The van der Waals surface area contributed by atoms with Gasteiger partial charge in [-0.25, -0.2) is 0 Å². The van der Waals surface area contributed by atoms with Gasteiger partial charge in [-0.2, -0.15) is 17.4 Å². The molecule has 106 valence electrons. The number of hydrogen-bond acceptors (Lipinski definition) is 4. The van der Waals surface area contributed by atoms with Crippen molar-refractivity contribution in [2.24, 2.45) is 0 Å². The molecule has 7 nitrogen and oxygen atoms in total. The van der Waals surface area contributed by atoms with Crippen LogP contribution in [-0.4, -0.2) is 56.1 Å². The maximum atomic E-state index is 12.0. The molecule has 0 aromatic rings. The minimum absolute atomic E-state index is 0.152. The highest BCUT2D eigenvalue weighted by Gasteiger charge is 2.36. The highest BCUT2D eigenvalue weighted by Crippen LogP contribution is 2.19. The van der Waals surface area contributed by atoms with Crippen LogP contribution in [0.1, 0.15) is 26.2 Å². The molecule has 0 radical (unpaired) electrons. The Morgan fingerprint density at radius 3 is 2.83 bits per heavy atom. The number of nitrogens with one attached hydrogen (secondary N) is 1. The van der Waals surface area contributed by atoms with Crippen molar-refractivity contribution in [1.29, 1.82) is 0 Å². The monoisotopic (exact) mass is 280 g/mol. The quantitative estimate of drug-likeness (QED) is 0.629. The number of rotatable bonds is 7. The van der Waals surface area contributed by atoms with Gasteiger partial charge in [-0.15, -0.1) is 0 Å². The number of piperidine rings is 1. The standard InChI is InChI=1S/C10H20N2O5S/c1-2-17-8-6-11-18(15,16)12-7-4-3-5-9(12)10(13)14/h9,11H,2-8H2,1H3,(H,13,14). The molecule has 1 fully saturated rings. The van der Waals surface area contributed by atoms with Crippen LogP contribution in [0.5, 0.6) is 0 Å². The number of ether oxygens (including phenoxy) is 1. The van der Waals surface area contributed by atoms with E-state index < -0.39 is 22.2 Å². The summed E-state index contributed by atoms with van der Waals surface area (Å²) in [5.41, 5.74) is 0. The van der Waals surface area contributed by atoms with E-state index in [9.17, 15) is 13.2 Å². The SMILES string of the molecule is CCOCCNS(=O)(=O)N1CCCCC1C(=O)O. The van der Waals surface area contributed by atoms with Gasteiger partial charge < -0.3 is 9.84 Å². The Balaban J connectivity index is 2.60. The Kier molecular flexibility index (Phi) is 6.00. The number of nitrogens with zero attached hydrogens (tertiary/aromatic N) is 1. The summed E-state index contributed by atoms with van der Waals surface area (Å²) in [4.78, 5) is 11.0. The number of carboxylic acid groups (broad SMARTS) is 1. The first-order chi connectivity index (χ1) is 8.49. The molecular weight excluding hydrogens is 260 g/mol. The highest BCUT2D eigenvalue weighted by atomic mass is 32.2. The average Bonchev–Trinajstić information content (AvgIpc) is 2.35. The fraction of sp³-hybridized carbons (Fsp3) is 0.900. The molecule has 1 heterocycles. The summed E-state index contributed by atoms with van der Waals surface area (Å²) in [6.07, 6.45) is 1.79. The van der Waals surface area contributed by atoms with Crippen LogP contribution < -0.4 is 4.72 Å². The summed E-state index contributed by atoms with van der Waals surface area (Å²) in [5.74, 6) is -1.09. The molecule has 0 spiro atoms. The molecule has 1 saturated heterocycles. The topological polar surface area (TPSA) is 95.9 Å². The number of carboxylic acids is 1. The first kappa shape index (κ1) is 15.4. The fourth-order valence-corrected chi connectivity index (χ4v) is 3.32. The molecule has 1 rings (SSSR count). The molecule has 0 saturated carbocycles. The molecule has 0 bridgehead atoms. The lowest BCUT2D eigenvalue weighted by atomic mass is 10.1. The van der Waals surface area contributed by atoms with E-state index in [2.05, 4.69) is 4.72 Å². The smallest absolute Gasteiger partial charge is 0.322 e. The lowest BCUT2D eigenvalue weighted by Crippen LogP contribution is -2.52. The van der Waals surface area contributed by atoms with Crippen LogP contribution in [0.25, 0.3) is 0 Å². The normalized spacial score (nSPS) is 21.9. The van der Waals surface area contributed by atoms with Crippen LogP contribution in [0.4, 0.5) is 0 Å². The van der Waals surface area contributed by atoms with Crippen LogP contribution in [0.2, 0.25) is 0 Å². The van der Waals surface area contributed by atoms with E-state index >= 15 is 0 Å². The zero-order chi connectivity index (χ0) is 13.6. The molecule has 0 aliphatic carbocycles. The Hall–Kier alpha value is -0.700. The second-order valence-electron chi connectivity index (χ2n) is 4.06. The summed E-state index contributed by atoms with van der Waals surface area (Å²) in [5, 5.41) is 9.02. The third-order valence-electron chi connectivity index (χ3n) is 2.78. The molecule has 1 unspecified atom stereocenters. The van der Waals surface area contributed by atoms with E-state index in [0.29, 0.717) is 19.4 Å². The maximum Gasteiger partial charge on any atom is 0.322 e. The molecule has 1 aliphatic heterocycles. The molecule has 0 aromatic carbocycles. The zero-order valence-electron chi connectivity index (χ0n) is 10.5. The van der Waals surface area contributed by atoms with E-state index in [4.69, 9.17) is 9.84 Å². The van der Waals surface area contributed by atoms with Gasteiger partial charge in [0.2, 0.25) is 0 Å². The number of aliphatic carboxylic acids is 1. The maximum absolute atomic E-state index is 12.0. The molecule has 8 heteroatoms. The summed E-state index contributed by atoms with van der Waals surface area (Å²) >= 11 is 0. The largest absolute Gasteiger partial charge is 0.480 e. The average molecular weight is 280 g/mol. The van der Waals surface area contributed by atoms with E-state index in [-0.39, 0.29) is 19.7 Å². The number of carbonyl (C=O) groups is 1. The second kappa shape index (κ2) is 7.03. The van der Waals surface area contributed by atoms with E-state index in [1.807, 2.05) is 6.92 Å². The Bertz CT molecular complexity index is 370. The summed E-state index contributed by atoms with van der Waals surface area (Å²) in [6, 6.07) is -0.955. The van der Waals surface area contributed by atoms with Crippen LogP contribution in [-0.2, 0) is 19.7 Å². The van der Waals surface area contributed by atoms with Gasteiger partial charge in [0.25, 0.3) is 10.2 Å². The molecule has 1 aliphatic rings. The highest BCUT2D eigenvalue weighted by molar-refractivity contribution is 7.87. The Morgan fingerprint density at radius 2 is 2.22 bits per heavy atom. The van der Waals surface area contributed by atoms with Gasteiger partial charge in [-0.05, 0) is 26.2 Å². The van der Waals surface area contributed by atoms with Crippen molar-refractivity contribution in [2.45, 2.75) is 32.2 Å². The molecule has 0 amide bonds. The van der Waals surface area contributed by atoms with Gasteiger partial charge in [-0.1, -0.05) is 0 Å². The Labute approximate surface area is 107 Å². The van der Waals surface area contributed by atoms with E-state index in [0.717, 1.165) is 10.7 Å².